The summed E-state index contributed by atoms with van der Waals surface area (Å²) in [7, 11) is 0. The van der Waals surface area contributed by atoms with Crippen LogP contribution in [0.3, 0.4) is 0 Å². The van der Waals surface area contributed by atoms with Gasteiger partial charge in [-0.1, -0.05) is 48.5 Å². The van der Waals surface area contributed by atoms with Crippen LogP contribution in [0.25, 0.3) is 0 Å². The Balaban J connectivity index is 1.83. The van der Waals surface area contributed by atoms with Gasteiger partial charge in [-0.15, -0.1) is 11.3 Å². The lowest BCUT2D eigenvalue weighted by Gasteiger charge is -2.11. The maximum atomic E-state index is 12.5. The van der Waals surface area contributed by atoms with Crippen LogP contribution in [-0.4, -0.2) is 10.9 Å². The summed E-state index contributed by atoms with van der Waals surface area (Å²) in [6, 6.07) is 18.2. The van der Waals surface area contributed by atoms with Crippen molar-refractivity contribution in [3.8, 4) is 0 Å². The number of nitrogens with one attached hydrogen (secondary N) is 1. The molecule has 4 heteroatoms. The molecule has 2 aromatic carbocycles. The minimum atomic E-state index is -0.0892. The number of nitrogens with zero attached hydrogens (tertiary/aromatic N) is 1. The topological polar surface area (TPSA) is 42.0 Å². The lowest BCUT2D eigenvalue weighted by molar-refractivity contribution is 0.102. The molecule has 1 heterocycles. The van der Waals surface area contributed by atoms with Crippen molar-refractivity contribution in [1.29, 1.82) is 0 Å². The van der Waals surface area contributed by atoms with Gasteiger partial charge in [-0.3, -0.25) is 4.79 Å². The standard InChI is InChI=1S/C19H18N2OS/c1-13-18(23-14(2)20-13)19(22)21-17-11-7-6-10-16(17)12-15-8-4-3-5-9-15/h3-11H,12H2,1-2H3,(H,21,22). The van der Waals surface area contributed by atoms with Crippen LogP contribution in [0.5, 0.6) is 0 Å². The summed E-state index contributed by atoms with van der Waals surface area (Å²) in [5.41, 5.74) is 3.96. The number of amides is 1. The van der Waals surface area contributed by atoms with Crippen molar-refractivity contribution < 1.29 is 4.79 Å². The fraction of sp³-hybridized carbons (Fsp3) is 0.158. The second-order valence-electron chi connectivity index (χ2n) is 5.42. The minimum absolute atomic E-state index is 0.0892. The van der Waals surface area contributed by atoms with Gasteiger partial charge in [0.2, 0.25) is 0 Å². The Morgan fingerprint density at radius 1 is 1.04 bits per heavy atom. The third-order valence-electron chi connectivity index (χ3n) is 3.61. The van der Waals surface area contributed by atoms with Gasteiger partial charge >= 0.3 is 0 Å². The Labute approximate surface area is 140 Å². The van der Waals surface area contributed by atoms with Gasteiger partial charge in [-0.2, -0.15) is 0 Å². The molecule has 1 amide bonds. The van der Waals surface area contributed by atoms with Gasteiger partial charge in [0, 0.05) is 5.69 Å². The van der Waals surface area contributed by atoms with Crippen molar-refractivity contribution in [3.63, 3.8) is 0 Å². The number of aromatic nitrogens is 1. The number of hydrogen-bond donors (Lipinski definition) is 1. The highest BCUT2D eigenvalue weighted by molar-refractivity contribution is 7.13. The number of carbonyl (C=O) groups excluding carboxylic acids is 1. The van der Waals surface area contributed by atoms with Crippen molar-refractivity contribution in [2.24, 2.45) is 0 Å². The Morgan fingerprint density at radius 3 is 2.43 bits per heavy atom. The smallest absolute Gasteiger partial charge is 0.267 e. The van der Waals surface area contributed by atoms with Crippen LogP contribution in [0, 0.1) is 13.8 Å². The van der Waals surface area contributed by atoms with Crippen molar-refractivity contribution in [1.82, 2.24) is 4.98 Å². The highest BCUT2D eigenvalue weighted by Crippen LogP contribution is 2.22. The van der Waals surface area contributed by atoms with Crippen molar-refractivity contribution in [2.45, 2.75) is 20.3 Å². The lowest BCUT2D eigenvalue weighted by Crippen LogP contribution is -2.13. The molecule has 3 nitrogen and oxygen atoms in total. The van der Waals surface area contributed by atoms with E-state index in [4.69, 9.17) is 0 Å². The predicted molar refractivity (Wildman–Crippen MR) is 95.2 cm³/mol. The largest absolute Gasteiger partial charge is 0.321 e. The molecule has 0 saturated heterocycles. The lowest BCUT2D eigenvalue weighted by atomic mass is 10.0. The van der Waals surface area contributed by atoms with E-state index in [-0.39, 0.29) is 5.91 Å². The maximum absolute atomic E-state index is 12.5. The van der Waals surface area contributed by atoms with Gasteiger partial charge in [0.1, 0.15) is 4.88 Å². The maximum Gasteiger partial charge on any atom is 0.267 e. The Hall–Kier alpha value is -2.46. The SMILES string of the molecule is Cc1nc(C)c(C(=O)Nc2ccccc2Cc2ccccc2)s1. The average Bonchev–Trinajstić information content (AvgIpc) is 2.89. The second kappa shape index (κ2) is 6.75. The molecule has 0 radical (unpaired) electrons. The Kier molecular flexibility index (Phi) is 4.53. The van der Waals surface area contributed by atoms with E-state index in [9.17, 15) is 4.79 Å². The zero-order valence-corrected chi connectivity index (χ0v) is 14.0. The van der Waals surface area contributed by atoms with Gasteiger partial charge in [0.25, 0.3) is 5.91 Å². The van der Waals surface area contributed by atoms with Crippen LogP contribution in [-0.2, 0) is 6.42 Å². The van der Waals surface area contributed by atoms with E-state index in [1.54, 1.807) is 0 Å². The molecule has 0 atom stereocenters. The first-order valence-corrected chi connectivity index (χ1v) is 8.32. The molecule has 0 aliphatic heterocycles. The van der Waals surface area contributed by atoms with Gasteiger partial charge in [-0.25, -0.2) is 4.98 Å². The summed E-state index contributed by atoms with van der Waals surface area (Å²) in [6.07, 6.45) is 0.790. The molecular formula is C19H18N2OS. The van der Waals surface area contributed by atoms with Gasteiger partial charge in [0.05, 0.1) is 10.7 Å². The Bertz CT molecular complexity index is 824. The molecule has 0 spiro atoms. The molecular weight excluding hydrogens is 304 g/mol. The van der Waals surface area contributed by atoms with E-state index in [1.807, 2.05) is 56.3 Å². The highest BCUT2D eigenvalue weighted by Gasteiger charge is 2.15. The predicted octanol–water partition coefficient (Wildman–Crippen LogP) is 4.60. The number of hydrogen-bond acceptors (Lipinski definition) is 3. The van der Waals surface area contributed by atoms with E-state index < -0.39 is 0 Å². The van der Waals surface area contributed by atoms with Gasteiger partial charge < -0.3 is 5.32 Å². The van der Waals surface area contributed by atoms with Crippen LogP contribution < -0.4 is 5.32 Å². The summed E-state index contributed by atoms with van der Waals surface area (Å²) < 4.78 is 0. The molecule has 0 aliphatic rings. The molecule has 0 aliphatic carbocycles. The van der Waals surface area contributed by atoms with Crippen LogP contribution in [0.1, 0.15) is 31.5 Å². The first-order valence-electron chi connectivity index (χ1n) is 7.50. The van der Waals surface area contributed by atoms with Crippen LogP contribution >= 0.6 is 11.3 Å². The number of anilines is 1. The summed E-state index contributed by atoms with van der Waals surface area (Å²) in [4.78, 5) is 17.5. The number of carbonyl (C=O) groups is 1. The van der Waals surface area contributed by atoms with E-state index in [0.717, 1.165) is 28.4 Å². The quantitative estimate of drug-likeness (QED) is 0.762. The van der Waals surface area contributed by atoms with Crippen molar-refractivity contribution in [2.75, 3.05) is 5.32 Å². The van der Waals surface area contributed by atoms with Crippen molar-refractivity contribution in [3.05, 3.63) is 81.3 Å². The monoisotopic (exact) mass is 322 g/mol. The zero-order chi connectivity index (χ0) is 16.2. The van der Waals surface area contributed by atoms with E-state index in [0.29, 0.717) is 4.88 Å². The summed E-state index contributed by atoms with van der Waals surface area (Å²) in [5, 5.41) is 3.94. The zero-order valence-electron chi connectivity index (χ0n) is 13.2. The molecule has 116 valence electrons. The third kappa shape index (κ3) is 3.66. The van der Waals surface area contributed by atoms with Crippen LogP contribution in [0.15, 0.2) is 54.6 Å². The number of benzene rings is 2. The third-order valence-corrected chi connectivity index (χ3v) is 4.68. The molecule has 0 bridgehead atoms. The van der Waals surface area contributed by atoms with Crippen molar-refractivity contribution >= 4 is 22.9 Å². The minimum Gasteiger partial charge on any atom is -0.321 e. The molecule has 1 N–H and O–H groups in total. The number of aryl methyl sites for hydroxylation is 2. The Morgan fingerprint density at radius 2 is 1.74 bits per heavy atom. The molecule has 0 fully saturated rings. The molecule has 0 saturated carbocycles. The normalized spacial score (nSPS) is 10.5. The summed E-state index contributed by atoms with van der Waals surface area (Å²) in [6.45, 7) is 3.78. The molecule has 0 unspecified atom stereocenters. The number of para-hydroxylation sites is 1. The van der Waals surface area contributed by atoms with Gasteiger partial charge in [0.15, 0.2) is 0 Å². The molecule has 1 aromatic heterocycles. The highest BCUT2D eigenvalue weighted by atomic mass is 32.1. The van der Waals surface area contributed by atoms with Gasteiger partial charge in [-0.05, 0) is 37.5 Å². The summed E-state index contributed by atoms with van der Waals surface area (Å²) >= 11 is 1.43. The molecule has 3 rings (SSSR count). The van der Waals surface area contributed by atoms with Crippen LogP contribution in [0.4, 0.5) is 5.69 Å². The van der Waals surface area contributed by atoms with E-state index in [1.165, 1.54) is 16.9 Å². The first kappa shape index (κ1) is 15.4. The second-order valence-corrected chi connectivity index (χ2v) is 6.62. The fourth-order valence-corrected chi connectivity index (χ4v) is 3.35. The average molecular weight is 322 g/mol. The van der Waals surface area contributed by atoms with E-state index in [2.05, 4.69) is 22.4 Å². The van der Waals surface area contributed by atoms with Crippen LogP contribution in [0.2, 0.25) is 0 Å². The fourth-order valence-electron chi connectivity index (χ4n) is 2.53. The first-order chi connectivity index (χ1) is 11.1. The molecule has 3 aromatic rings. The number of rotatable bonds is 4. The number of thiazole rings is 1. The summed E-state index contributed by atoms with van der Waals surface area (Å²) in [5.74, 6) is -0.0892. The molecule has 23 heavy (non-hydrogen) atoms. The van der Waals surface area contributed by atoms with E-state index >= 15 is 0 Å².